The number of benzene rings is 1. The number of hydrogen-bond donors (Lipinski definition) is 2. The molecule has 0 amide bonds. The van der Waals surface area contributed by atoms with Gasteiger partial charge >= 0.3 is 5.97 Å². The monoisotopic (exact) mass is 277 g/mol. The predicted octanol–water partition coefficient (Wildman–Crippen LogP) is 1.97. The molecule has 1 aromatic carbocycles. The number of methoxy groups -OCH3 is 1. The maximum atomic E-state index is 11.7. The average Bonchev–Trinajstić information content (AvgIpc) is 2.94. The Morgan fingerprint density at radius 1 is 1.35 bits per heavy atom. The van der Waals surface area contributed by atoms with E-state index in [4.69, 9.17) is 4.74 Å². The molecule has 0 bridgehead atoms. The van der Waals surface area contributed by atoms with Gasteiger partial charge in [-0.2, -0.15) is 0 Å². The lowest BCUT2D eigenvalue weighted by Gasteiger charge is -2.18. The molecule has 20 heavy (non-hydrogen) atoms. The molecule has 1 aliphatic rings. The summed E-state index contributed by atoms with van der Waals surface area (Å²) in [7, 11) is 1.40. The number of aliphatic hydroxyl groups is 1. The quantitative estimate of drug-likeness (QED) is 0.781. The number of rotatable bonds is 6. The third kappa shape index (κ3) is 3.58. The zero-order valence-electron chi connectivity index (χ0n) is 12.0. The summed E-state index contributed by atoms with van der Waals surface area (Å²) in [6, 6.07) is 7.50. The molecule has 0 aromatic heterocycles. The Balaban J connectivity index is 1.89. The number of carbonyl (C=O) groups is 1. The third-order valence-corrected chi connectivity index (χ3v) is 4.20. The van der Waals surface area contributed by atoms with Crippen LogP contribution in [0.1, 0.15) is 35.2 Å². The molecule has 0 saturated heterocycles. The molecule has 1 fully saturated rings. The predicted molar refractivity (Wildman–Crippen MR) is 77.4 cm³/mol. The van der Waals surface area contributed by atoms with Gasteiger partial charge in [0.25, 0.3) is 0 Å². The Kier molecular flexibility index (Phi) is 5.56. The Morgan fingerprint density at radius 2 is 2.10 bits per heavy atom. The average molecular weight is 277 g/mol. The van der Waals surface area contributed by atoms with E-state index in [1.807, 2.05) is 18.2 Å². The summed E-state index contributed by atoms with van der Waals surface area (Å²) in [5, 5.41) is 12.7. The van der Waals surface area contributed by atoms with Crippen LogP contribution in [0.5, 0.6) is 0 Å². The summed E-state index contributed by atoms with van der Waals surface area (Å²) >= 11 is 0. The first-order chi connectivity index (χ1) is 9.76. The molecule has 0 aliphatic heterocycles. The molecular weight excluding hydrogens is 254 g/mol. The van der Waals surface area contributed by atoms with Gasteiger partial charge in [0.05, 0.1) is 12.7 Å². The van der Waals surface area contributed by atoms with Crippen LogP contribution >= 0.6 is 0 Å². The highest BCUT2D eigenvalue weighted by molar-refractivity contribution is 5.90. The van der Waals surface area contributed by atoms with Crippen LogP contribution < -0.4 is 5.32 Å². The van der Waals surface area contributed by atoms with Crippen molar-refractivity contribution in [2.24, 2.45) is 11.8 Å². The highest BCUT2D eigenvalue weighted by Gasteiger charge is 2.26. The summed E-state index contributed by atoms with van der Waals surface area (Å²) in [6.45, 7) is 1.83. The van der Waals surface area contributed by atoms with Crippen LogP contribution in [0.3, 0.4) is 0 Å². The van der Waals surface area contributed by atoms with Crippen molar-refractivity contribution < 1.29 is 14.6 Å². The zero-order valence-corrected chi connectivity index (χ0v) is 12.0. The fraction of sp³-hybridized carbons (Fsp3) is 0.562. The Bertz CT molecular complexity index is 447. The standard InChI is InChI=1S/C16H23NO3/c1-20-16(19)15-8-3-2-5-13(15)10-17-9-12-6-4-7-14(12)11-18/h2-3,5,8,12,14,17-18H,4,6-7,9-11H2,1H3. The lowest BCUT2D eigenvalue weighted by Crippen LogP contribution is -2.27. The smallest absolute Gasteiger partial charge is 0.338 e. The lowest BCUT2D eigenvalue weighted by molar-refractivity contribution is 0.0599. The number of esters is 1. The molecule has 1 aromatic rings. The first kappa shape index (κ1) is 15.0. The normalized spacial score (nSPS) is 21.9. The molecule has 2 rings (SSSR count). The van der Waals surface area contributed by atoms with Crippen molar-refractivity contribution in [3.05, 3.63) is 35.4 Å². The van der Waals surface area contributed by atoms with E-state index in [9.17, 15) is 9.90 Å². The zero-order chi connectivity index (χ0) is 14.4. The SMILES string of the molecule is COC(=O)c1ccccc1CNCC1CCCC1CO. The molecule has 1 saturated carbocycles. The second-order valence-corrected chi connectivity index (χ2v) is 5.41. The van der Waals surface area contributed by atoms with Crippen molar-refractivity contribution in [2.45, 2.75) is 25.8 Å². The van der Waals surface area contributed by atoms with E-state index in [0.29, 0.717) is 23.9 Å². The van der Waals surface area contributed by atoms with Crippen LogP contribution in [0.4, 0.5) is 0 Å². The number of carbonyl (C=O) groups excluding carboxylic acids is 1. The third-order valence-electron chi connectivity index (χ3n) is 4.20. The van der Waals surface area contributed by atoms with Crippen molar-refractivity contribution in [1.82, 2.24) is 5.32 Å². The molecule has 0 heterocycles. The minimum absolute atomic E-state index is 0.283. The first-order valence-electron chi connectivity index (χ1n) is 7.24. The molecule has 0 radical (unpaired) electrons. The summed E-state index contributed by atoms with van der Waals surface area (Å²) in [5.41, 5.74) is 1.57. The number of ether oxygens (including phenoxy) is 1. The molecule has 2 unspecified atom stereocenters. The molecule has 4 nitrogen and oxygen atoms in total. The lowest BCUT2D eigenvalue weighted by atomic mass is 9.97. The van der Waals surface area contributed by atoms with Crippen molar-refractivity contribution >= 4 is 5.97 Å². The Hall–Kier alpha value is -1.39. The van der Waals surface area contributed by atoms with Gasteiger partial charge in [0.2, 0.25) is 0 Å². The minimum atomic E-state index is -0.295. The molecule has 1 aliphatic carbocycles. The molecule has 2 N–H and O–H groups in total. The van der Waals surface area contributed by atoms with Gasteiger partial charge in [-0.15, -0.1) is 0 Å². The van der Waals surface area contributed by atoms with Crippen molar-refractivity contribution in [1.29, 1.82) is 0 Å². The van der Waals surface area contributed by atoms with Crippen molar-refractivity contribution in [3.63, 3.8) is 0 Å². The largest absolute Gasteiger partial charge is 0.465 e. The fourth-order valence-electron chi connectivity index (χ4n) is 3.00. The van der Waals surface area contributed by atoms with E-state index < -0.39 is 0 Å². The summed E-state index contributed by atoms with van der Waals surface area (Å²) in [4.78, 5) is 11.7. The van der Waals surface area contributed by atoms with Gasteiger partial charge < -0.3 is 15.2 Å². The van der Waals surface area contributed by atoms with E-state index in [1.54, 1.807) is 6.07 Å². The van der Waals surface area contributed by atoms with Gasteiger partial charge in [0.15, 0.2) is 0 Å². The van der Waals surface area contributed by atoms with E-state index in [1.165, 1.54) is 20.0 Å². The van der Waals surface area contributed by atoms with E-state index in [2.05, 4.69) is 5.32 Å². The second kappa shape index (κ2) is 7.41. The van der Waals surface area contributed by atoms with Gasteiger partial charge in [-0.25, -0.2) is 4.79 Å². The van der Waals surface area contributed by atoms with E-state index in [-0.39, 0.29) is 12.6 Å². The van der Waals surface area contributed by atoms with Gasteiger partial charge in [-0.3, -0.25) is 0 Å². The topological polar surface area (TPSA) is 58.6 Å². The fourth-order valence-corrected chi connectivity index (χ4v) is 3.00. The molecule has 110 valence electrons. The van der Waals surface area contributed by atoms with Crippen LogP contribution in [0.15, 0.2) is 24.3 Å². The van der Waals surface area contributed by atoms with Crippen LogP contribution in [-0.2, 0) is 11.3 Å². The maximum Gasteiger partial charge on any atom is 0.338 e. The van der Waals surface area contributed by atoms with Crippen LogP contribution in [-0.4, -0.2) is 31.3 Å². The van der Waals surface area contributed by atoms with Crippen LogP contribution in [0, 0.1) is 11.8 Å². The molecule has 4 heteroatoms. The second-order valence-electron chi connectivity index (χ2n) is 5.41. The van der Waals surface area contributed by atoms with Gasteiger partial charge in [-0.1, -0.05) is 24.6 Å². The molecule has 0 spiro atoms. The summed E-state index contributed by atoms with van der Waals surface area (Å²) in [5.74, 6) is 0.681. The Morgan fingerprint density at radius 3 is 2.85 bits per heavy atom. The van der Waals surface area contributed by atoms with Gasteiger partial charge in [0, 0.05) is 13.2 Å². The van der Waals surface area contributed by atoms with Crippen LogP contribution in [0.25, 0.3) is 0 Å². The highest BCUT2D eigenvalue weighted by Crippen LogP contribution is 2.30. The molecule has 2 atom stereocenters. The van der Waals surface area contributed by atoms with Gasteiger partial charge in [0.1, 0.15) is 0 Å². The maximum absolute atomic E-state index is 11.7. The summed E-state index contributed by atoms with van der Waals surface area (Å²) in [6.07, 6.45) is 3.51. The minimum Gasteiger partial charge on any atom is -0.465 e. The van der Waals surface area contributed by atoms with Crippen molar-refractivity contribution in [3.8, 4) is 0 Å². The van der Waals surface area contributed by atoms with E-state index in [0.717, 1.165) is 18.5 Å². The highest BCUT2D eigenvalue weighted by atomic mass is 16.5. The van der Waals surface area contributed by atoms with Gasteiger partial charge in [-0.05, 0) is 42.9 Å². The number of hydrogen-bond acceptors (Lipinski definition) is 4. The first-order valence-corrected chi connectivity index (χ1v) is 7.24. The summed E-state index contributed by atoms with van der Waals surface area (Å²) < 4.78 is 4.79. The Labute approximate surface area is 120 Å². The number of nitrogens with one attached hydrogen (secondary N) is 1. The molecular formula is C16H23NO3. The van der Waals surface area contributed by atoms with Crippen molar-refractivity contribution in [2.75, 3.05) is 20.3 Å². The number of aliphatic hydroxyl groups excluding tert-OH is 1. The van der Waals surface area contributed by atoms with E-state index >= 15 is 0 Å². The van der Waals surface area contributed by atoms with Crippen LogP contribution in [0.2, 0.25) is 0 Å².